The molecule has 0 aliphatic carbocycles. The summed E-state index contributed by atoms with van der Waals surface area (Å²) in [4.78, 5) is 60.0. The van der Waals surface area contributed by atoms with Gasteiger partial charge in [-0.15, -0.1) is 22.7 Å². The van der Waals surface area contributed by atoms with E-state index in [1.54, 1.807) is 22.7 Å². The average molecular weight is 1010 g/mol. The molecule has 8 heteroatoms. The van der Waals surface area contributed by atoms with Gasteiger partial charge < -0.3 is 0 Å². The number of pyridine rings is 2. The topological polar surface area (TPSA) is 78.1 Å². The molecule has 0 amide bonds. The van der Waals surface area contributed by atoms with Crippen LogP contribution < -0.4 is 22.2 Å². The maximum Gasteiger partial charge on any atom is 0.266 e. The first-order valence-corrected chi connectivity index (χ1v) is 27.2. The van der Waals surface area contributed by atoms with Crippen LogP contribution >= 0.6 is 22.7 Å². The molecule has 0 bridgehead atoms. The van der Waals surface area contributed by atoms with Crippen LogP contribution in [0.5, 0.6) is 0 Å². The third kappa shape index (κ3) is 7.73. The monoisotopic (exact) mass is 1000 g/mol. The quantitative estimate of drug-likeness (QED) is 0.123. The Morgan fingerprint density at radius 3 is 0.676 bits per heavy atom. The number of thiophene rings is 2. The number of para-hydroxylation sites is 2. The fourth-order valence-electron chi connectivity index (χ4n) is 11.2. The summed E-state index contributed by atoms with van der Waals surface area (Å²) in [6.07, 6.45) is 0. The summed E-state index contributed by atoms with van der Waals surface area (Å²) in [6, 6.07) is 56.1. The molecule has 0 spiro atoms. The molecule has 0 unspecified atom stereocenters. The van der Waals surface area contributed by atoms with Gasteiger partial charge in [-0.3, -0.25) is 19.2 Å². The predicted molar refractivity (Wildman–Crippen MR) is 318 cm³/mol. The van der Waals surface area contributed by atoms with Crippen LogP contribution in [-0.4, -0.2) is 9.13 Å². The van der Waals surface area contributed by atoms with E-state index in [4.69, 9.17) is 0 Å². The van der Waals surface area contributed by atoms with Crippen LogP contribution in [0.3, 0.4) is 0 Å². The third-order valence-corrected chi connectivity index (χ3v) is 16.6. The molecule has 4 aromatic heterocycles. The van der Waals surface area contributed by atoms with Crippen molar-refractivity contribution in [3.63, 3.8) is 0 Å². The van der Waals surface area contributed by atoms with Gasteiger partial charge in [0, 0.05) is 61.9 Å². The number of aromatic nitrogens is 2. The zero-order valence-corrected chi connectivity index (χ0v) is 44.5. The van der Waals surface area contributed by atoms with Crippen molar-refractivity contribution in [3.05, 3.63) is 234 Å². The molecule has 0 aliphatic rings. The second kappa shape index (κ2) is 19.2. The molecule has 4 heterocycles. The van der Waals surface area contributed by atoms with Gasteiger partial charge in [-0.25, -0.2) is 9.13 Å². The lowest BCUT2D eigenvalue weighted by atomic mass is 9.86. The summed E-state index contributed by atoms with van der Waals surface area (Å²) in [5.41, 5.74) is 3.99. The van der Waals surface area contributed by atoms with Gasteiger partial charge in [0.2, 0.25) is 0 Å². The molecule has 74 heavy (non-hydrogen) atoms. The van der Waals surface area contributed by atoms with Crippen molar-refractivity contribution < 1.29 is 0 Å². The molecular formula is C66H56N2O4S2. The highest BCUT2D eigenvalue weighted by Crippen LogP contribution is 2.56. The fourth-order valence-corrected chi connectivity index (χ4v) is 13.6. The van der Waals surface area contributed by atoms with E-state index in [9.17, 15) is 0 Å². The smallest absolute Gasteiger partial charge is 0.266 e. The Balaban J connectivity index is 0.000000275. The Morgan fingerprint density at radius 2 is 0.486 bits per heavy atom. The van der Waals surface area contributed by atoms with E-state index in [0.717, 1.165) is 73.4 Å². The van der Waals surface area contributed by atoms with E-state index >= 15 is 19.2 Å². The van der Waals surface area contributed by atoms with Gasteiger partial charge in [0.1, 0.15) is 0 Å². The van der Waals surface area contributed by atoms with E-state index in [1.165, 1.54) is 9.13 Å². The van der Waals surface area contributed by atoms with E-state index in [0.29, 0.717) is 43.7 Å². The first-order valence-electron chi connectivity index (χ1n) is 25.5. The van der Waals surface area contributed by atoms with Gasteiger partial charge in [0.25, 0.3) is 22.2 Å². The van der Waals surface area contributed by atoms with Crippen molar-refractivity contribution in [2.75, 3.05) is 0 Å². The molecular weight excluding hydrogens is 949 g/mol. The minimum absolute atomic E-state index is 0.0893. The molecule has 14 aromatic rings. The summed E-state index contributed by atoms with van der Waals surface area (Å²) in [7, 11) is 0. The van der Waals surface area contributed by atoms with Crippen LogP contribution in [-0.2, 0) is 0 Å². The molecule has 6 nitrogen and oxygen atoms in total. The Morgan fingerprint density at radius 1 is 0.284 bits per heavy atom. The van der Waals surface area contributed by atoms with Crippen LogP contribution in [0, 0.1) is 0 Å². The largest absolute Gasteiger partial charge is 0.268 e. The van der Waals surface area contributed by atoms with E-state index in [-0.39, 0.29) is 45.9 Å². The van der Waals surface area contributed by atoms with Crippen LogP contribution in [0.4, 0.5) is 0 Å². The Kier molecular flexibility index (Phi) is 12.6. The standard InChI is InChI=1S/C48H38N2O4S2.3C6H6/c1-19(2)23-11-9-12-24(20(3)4)43(23)49-45(51)27-15-31-37-39-33(55-31)17-29-36-30(48(54)50(47(29)53)44-25(21(5)6)13-10-14-26(44)22(7)8)18-34-40(42(36)39)38-32(56-34)16-28(46(49)52)35(27)41(37)38;3*1-2-4-6-5-3-1/h9-22H,1-8H3;3*1-6H. The van der Waals surface area contributed by atoms with Gasteiger partial charge in [-0.2, -0.15) is 0 Å². The Labute approximate surface area is 436 Å². The summed E-state index contributed by atoms with van der Waals surface area (Å²) in [5, 5.41) is 9.36. The minimum Gasteiger partial charge on any atom is -0.268 e. The predicted octanol–water partition coefficient (Wildman–Crippen LogP) is 16.8. The number of nitrogens with zero attached hydrogens (tertiary/aromatic N) is 2. The summed E-state index contributed by atoms with van der Waals surface area (Å²) >= 11 is 3.15. The molecule has 0 N–H and O–H groups in total. The number of hydrogen-bond donors (Lipinski definition) is 0. The van der Waals surface area contributed by atoms with E-state index in [2.05, 4.69) is 55.4 Å². The summed E-state index contributed by atoms with van der Waals surface area (Å²) in [6.45, 7) is 16.8. The van der Waals surface area contributed by atoms with Gasteiger partial charge in [0.05, 0.1) is 32.9 Å². The molecule has 0 saturated heterocycles. The zero-order chi connectivity index (χ0) is 51.7. The molecule has 0 atom stereocenters. The SMILES string of the molecule is CC(C)c1cccc(C(C)C)c1-n1c(=O)c2cc3sc4cc5c(=O)n(-c6c(C(C)C)cccc6C(C)C)c(=O)c6cc7sc8cc(c1=O)c2c1c3c4c(c56)c7c81.c1ccccc1.c1ccccc1.c1ccccc1. The van der Waals surface area contributed by atoms with E-state index < -0.39 is 0 Å². The molecule has 0 fully saturated rings. The second-order valence-electron chi connectivity index (χ2n) is 20.4. The van der Waals surface area contributed by atoms with Crippen LogP contribution in [0.1, 0.15) is 101 Å². The van der Waals surface area contributed by atoms with Crippen molar-refractivity contribution in [2.24, 2.45) is 0 Å². The van der Waals surface area contributed by atoms with E-state index in [1.807, 2.05) is 170 Å². The van der Waals surface area contributed by atoms with Crippen molar-refractivity contribution in [1.82, 2.24) is 9.13 Å². The van der Waals surface area contributed by atoms with Crippen molar-refractivity contribution >= 4 is 106 Å². The van der Waals surface area contributed by atoms with Crippen molar-refractivity contribution in [3.8, 4) is 11.4 Å². The van der Waals surface area contributed by atoms with Crippen LogP contribution in [0.15, 0.2) is 189 Å². The number of hydrogen-bond acceptors (Lipinski definition) is 6. The molecule has 0 aliphatic heterocycles. The minimum atomic E-state index is -0.311. The number of benzene rings is 10. The normalized spacial score (nSPS) is 11.9. The molecule has 0 radical (unpaired) electrons. The lowest BCUT2D eigenvalue weighted by molar-refractivity contribution is 0.792. The summed E-state index contributed by atoms with van der Waals surface area (Å²) < 4.78 is 6.61. The second-order valence-corrected chi connectivity index (χ2v) is 22.6. The maximum atomic E-state index is 15.0. The highest BCUT2D eigenvalue weighted by molar-refractivity contribution is 7.28. The first kappa shape index (κ1) is 48.5. The lowest BCUT2D eigenvalue weighted by Gasteiger charge is -2.22. The first-order chi connectivity index (χ1) is 35.8. The Bertz CT molecular complexity index is 3900. The Hall–Kier alpha value is -7.78. The fraction of sp³-hybridized carbons (Fsp3) is 0.182. The maximum absolute atomic E-state index is 15.0. The van der Waals surface area contributed by atoms with Gasteiger partial charge >= 0.3 is 0 Å². The van der Waals surface area contributed by atoms with Crippen molar-refractivity contribution in [1.29, 1.82) is 0 Å². The average Bonchev–Trinajstić information content (AvgIpc) is 4.01. The van der Waals surface area contributed by atoms with Crippen LogP contribution in [0.25, 0.3) is 94.8 Å². The van der Waals surface area contributed by atoms with Crippen molar-refractivity contribution in [2.45, 2.75) is 79.1 Å². The van der Waals surface area contributed by atoms with Gasteiger partial charge in [-0.1, -0.05) is 201 Å². The molecule has 0 saturated carbocycles. The van der Waals surface area contributed by atoms with Gasteiger partial charge in [0.15, 0.2) is 0 Å². The molecule has 10 aromatic carbocycles. The molecule has 14 rings (SSSR count). The highest BCUT2D eigenvalue weighted by Gasteiger charge is 2.32. The summed E-state index contributed by atoms with van der Waals surface area (Å²) in [5.74, 6) is 0.357. The lowest BCUT2D eigenvalue weighted by Crippen LogP contribution is -2.34. The highest BCUT2D eigenvalue weighted by atomic mass is 32.1. The molecule has 366 valence electrons. The third-order valence-electron chi connectivity index (χ3n) is 14.5. The zero-order valence-electron chi connectivity index (χ0n) is 42.8. The number of rotatable bonds is 6. The van der Waals surface area contributed by atoms with Crippen LogP contribution in [0.2, 0.25) is 0 Å². The van der Waals surface area contributed by atoms with Gasteiger partial charge in [-0.05, 0) is 70.2 Å².